The molecule has 1 saturated carbocycles. The van der Waals surface area contributed by atoms with Crippen LogP contribution in [0, 0.1) is 3.77 Å². The summed E-state index contributed by atoms with van der Waals surface area (Å²) in [5.74, 6) is 0.750. The van der Waals surface area contributed by atoms with Crippen molar-refractivity contribution in [1.29, 1.82) is 0 Å². The Labute approximate surface area is 185 Å². The summed E-state index contributed by atoms with van der Waals surface area (Å²) < 4.78 is 7.38. The molecule has 0 aromatic carbocycles. The number of aliphatic imine (C=N–C) groups is 1. The highest BCUT2D eigenvalue weighted by molar-refractivity contribution is 14.1. The molecule has 4 nitrogen and oxygen atoms in total. The summed E-state index contributed by atoms with van der Waals surface area (Å²) in [6.45, 7) is 0. The van der Waals surface area contributed by atoms with Crippen molar-refractivity contribution < 1.29 is 9.21 Å². The Balaban J connectivity index is 1.62. The van der Waals surface area contributed by atoms with Crippen molar-refractivity contribution in [1.82, 2.24) is 5.32 Å². The maximum atomic E-state index is 13.1. The van der Waals surface area contributed by atoms with E-state index in [0.29, 0.717) is 11.8 Å². The molecule has 0 saturated heterocycles. The number of nitrogens with one attached hydrogen (secondary N) is 1. The van der Waals surface area contributed by atoms with Gasteiger partial charge in [0.2, 0.25) is 0 Å². The zero-order valence-electron chi connectivity index (χ0n) is 15.0. The number of amides is 1. The first kappa shape index (κ1) is 19.6. The lowest BCUT2D eigenvalue weighted by Crippen LogP contribution is -2.36. The lowest BCUT2D eigenvalue weighted by Gasteiger charge is -2.23. The van der Waals surface area contributed by atoms with Gasteiger partial charge in [0.05, 0.1) is 16.3 Å². The molecule has 1 amide bonds. The third kappa shape index (κ3) is 4.50. The summed E-state index contributed by atoms with van der Waals surface area (Å²) in [5.41, 5.74) is 2.03. The normalized spacial score (nSPS) is 18.0. The molecule has 0 atom stereocenters. The van der Waals surface area contributed by atoms with Gasteiger partial charge in [0, 0.05) is 39.6 Å². The van der Waals surface area contributed by atoms with Gasteiger partial charge in [0.25, 0.3) is 5.91 Å². The van der Waals surface area contributed by atoms with Crippen molar-refractivity contribution in [3.63, 3.8) is 0 Å². The van der Waals surface area contributed by atoms with E-state index in [2.05, 4.69) is 48.8 Å². The molecule has 0 radical (unpaired) electrons. The number of fused-ring (bicyclic) bond motifs is 1. The number of nitrogens with zero attached hydrogens (tertiary/aromatic N) is 1. The average molecular weight is 561 g/mol. The van der Waals surface area contributed by atoms with Crippen LogP contribution in [0.2, 0.25) is 0 Å². The highest BCUT2D eigenvalue weighted by atomic mass is 127. The van der Waals surface area contributed by atoms with Gasteiger partial charge in [0.1, 0.15) is 10.8 Å². The van der Waals surface area contributed by atoms with Crippen LogP contribution in [-0.4, -0.2) is 18.2 Å². The molecule has 2 heterocycles. The third-order valence-corrected chi connectivity index (χ3v) is 8.62. The number of aryl methyl sites for hydroxylation is 1. The second-order valence-corrected chi connectivity index (χ2v) is 10.1. The minimum atomic E-state index is 0.0589. The Hall–Kier alpha value is -0.670. The number of hydrogen-bond acceptors (Lipinski definition) is 4. The van der Waals surface area contributed by atoms with Crippen molar-refractivity contribution >= 4 is 67.0 Å². The van der Waals surface area contributed by atoms with E-state index in [9.17, 15) is 4.79 Å². The van der Waals surface area contributed by atoms with Gasteiger partial charge in [-0.1, -0.05) is 19.3 Å². The van der Waals surface area contributed by atoms with Gasteiger partial charge in [-0.25, -0.2) is 4.99 Å². The fourth-order valence-corrected chi connectivity index (χ4v) is 5.88. The van der Waals surface area contributed by atoms with Crippen LogP contribution >= 0.6 is 49.9 Å². The van der Waals surface area contributed by atoms with E-state index >= 15 is 0 Å². The van der Waals surface area contributed by atoms with E-state index < -0.39 is 0 Å². The first-order valence-corrected chi connectivity index (χ1v) is 12.2. The van der Waals surface area contributed by atoms with E-state index in [4.69, 9.17) is 4.42 Å². The molecule has 2 aliphatic rings. The third-order valence-electron chi connectivity index (χ3n) is 5.29. The Morgan fingerprint density at radius 3 is 2.78 bits per heavy atom. The van der Waals surface area contributed by atoms with Crippen molar-refractivity contribution in [2.24, 2.45) is 4.99 Å². The van der Waals surface area contributed by atoms with Gasteiger partial charge < -0.3 is 9.73 Å². The Bertz CT molecular complexity index is 848. The van der Waals surface area contributed by atoms with Crippen molar-refractivity contribution in [3.8, 4) is 0 Å². The van der Waals surface area contributed by atoms with Crippen LogP contribution in [-0.2, 0) is 12.8 Å². The Kier molecular flexibility index (Phi) is 6.38. The molecule has 7 heteroatoms. The molecule has 0 spiro atoms. The van der Waals surface area contributed by atoms with Crippen LogP contribution in [0.5, 0.6) is 0 Å². The highest BCUT2D eigenvalue weighted by Crippen LogP contribution is 2.40. The second kappa shape index (κ2) is 8.78. The molecule has 2 aromatic heterocycles. The van der Waals surface area contributed by atoms with Gasteiger partial charge in [-0.15, -0.1) is 11.3 Å². The van der Waals surface area contributed by atoms with Crippen LogP contribution in [0.4, 0.5) is 5.00 Å². The SMILES string of the molecule is O=C(NC1CCCCC1)c1c(N=Cc2cc(Br)c(I)o2)sc2c1CCCC2. The van der Waals surface area contributed by atoms with Gasteiger partial charge in [-0.05, 0) is 60.0 Å². The quantitative estimate of drug-likeness (QED) is 0.347. The number of rotatable bonds is 4. The number of halogens is 2. The number of carbonyl (C=O) groups is 1. The van der Waals surface area contributed by atoms with Crippen LogP contribution in [0.1, 0.15) is 71.5 Å². The molecular weight excluding hydrogens is 539 g/mol. The summed E-state index contributed by atoms with van der Waals surface area (Å²) in [4.78, 5) is 19.1. The summed E-state index contributed by atoms with van der Waals surface area (Å²) in [6.07, 6.45) is 12.0. The topological polar surface area (TPSA) is 54.6 Å². The van der Waals surface area contributed by atoms with E-state index in [0.717, 1.165) is 50.9 Å². The minimum absolute atomic E-state index is 0.0589. The summed E-state index contributed by atoms with van der Waals surface area (Å²) in [6, 6.07) is 2.21. The van der Waals surface area contributed by atoms with Crippen LogP contribution in [0.25, 0.3) is 0 Å². The second-order valence-electron chi connectivity index (χ2n) is 7.23. The fraction of sp³-hybridized carbons (Fsp3) is 0.500. The van der Waals surface area contributed by atoms with Crippen LogP contribution < -0.4 is 5.32 Å². The molecule has 4 rings (SSSR count). The molecule has 0 aliphatic heterocycles. The zero-order valence-corrected chi connectivity index (χ0v) is 19.6. The largest absolute Gasteiger partial charge is 0.448 e. The number of hydrogen-bond donors (Lipinski definition) is 1. The van der Waals surface area contributed by atoms with Crippen LogP contribution in [0.3, 0.4) is 0 Å². The lowest BCUT2D eigenvalue weighted by molar-refractivity contribution is 0.0927. The van der Waals surface area contributed by atoms with E-state index in [-0.39, 0.29) is 5.91 Å². The predicted molar refractivity (Wildman–Crippen MR) is 122 cm³/mol. The average Bonchev–Trinajstić information content (AvgIpc) is 3.20. The molecule has 0 unspecified atom stereocenters. The maximum Gasteiger partial charge on any atom is 0.254 e. The van der Waals surface area contributed by atoms with Crippen molar-refractivity contribution in [3.05, 3.63) is 36.1 Å². The van der Waals surface area contributed by atoms with Crippen LogP contribution in [0.15, 0.2) is 19.9 Å². The summed E-state index contributed by atoms with van der Waals surface area (Å²) in [5, 5.41) is 4.10. The number of thiophene rings is 1. The monoisotopic (exact) mass is 560 g/mol. The van der Waals surface area contributed by atoms with Crippen molar-refractivity contribution in [2.75, 3.05) is 0 Å². The van der Waals surface area contributed by atoms with Gasteiger partial charge >= 0.3 is 0 Å². The summed E-state index contributed by atoms with van der Waals surface area (Å²) >= 11 is 7.27. The van der Waals surface area contributed by atoms with Gasteiger partial charge in [-0.3, -0.25) is 4.79 Å². The van der Waals surface area contributed by atoms with Gasteiger partial charge in [-0.2, -0.15) is 0 Å². The Morgan fingerprint density at radius 1 is 1.26 bits per heavy atom. The fourth-order valence-electron chi connectivity index (χ4n) is 3.93. The first-order chi connectivity index (χ1) is 13.1. The van der Waals surface area contributed by atoms with E-state index in [1.165, 1.54) is 36.1 Å². The van der Waals surface area contributed by atoms with Crippen molar-refractivity contribution in [2.45, 2.75) is 63.8 Å². The predicted octanol–water partition coefficient (Wildman–Crippen LogP) is 6.40. The highest BCUT2D eigenvalue weighted by Gasteiger charge is 2.27. The van der Waals surface area contributed by atoms with E-state index in [1.807, 2.05) is 6.07 Å². The summed E-state index contributed by atoms with van der Waals surface area (Å²) in [7, 11) is 0. The molecular formula is C20H22BrIN2O2S. The molecule has 144 valence electrons. The lowest BCUT2D eigenvalue weighted by atomic mass is 9.93. The molecule has 27 heavy (non-hydrogen) atoms. The van der Waals surface area contributed by atoms with E-state index in [1.54, 1.807) is 17.6 Å². The number of carbonyl (C=O) groups excluding carboxylic acids is 1. The number of furan rings is 1. The smallest absolute Gasteiger partial charge is 0.254 e. The minimum Gasteiger partial charge on any atom is -0.448 e. The standard InChI is InChI=1S/C20H22BrIN2O2S/c21-15-10-13(26-18(15)22)11-23-20-17(14-8-4-5-9-16(14)27-20)19(25)24-12-6-2-1-3-7-12/h10-12H,1-9H2,(H,24,25). The first-order valence-electron chi connectivity index (χ1n) is 9.56. The molecule has 2 aromatic rings. The zero-order chi connectivity index (χ0) is 18.8. The molecule has 1 fully saturated rings. The molecule has 1 N–H and O–H groups in total. The Morgan fingerprint density at radius 2 is 2.04 bits per heavy atom. The molecule has 2 aliphatic carbocycles. The molecule has 0 bridgehead atoms. The maximum absolute atomic E-state index is 13.1. The van der Waals surface area contributed by atoms with Gasteiger partial charge in [0.15, 0.2) is 3.77 Å².